The highest BCUT2D eigenvalue weighted by Crippen LogP contribution is 2.48. The summed E-state index contributed by atoms with van der Waals surface area (Å²) in [5.74, 6) is 1.77. The number of carbonyl (C=O) groups excluding carboxylic acids is 1. The van der Waals surface area contributed by atoms with E-state index in [-0.39, 0.29) is 5.97 Å². The number of carbonyl (C=O) groups is 1. The van der Waals surface area contributed by atoms with Gasteiger partial charge in [-0.3, -0.25) is 0 Å². The smallest absolute Gasteiger partial charge is 0.330 e. The zero-order valence-electron chi connectivity index (χ0n) is 11.0. The molecule has 0 aromatic rings. The Morgan fingerprint density at radius 2 is 2.00 bits per heavy atom. The van der Waals surface area contributed by atoms with Gasteiger partial charge in [0.15, 0.2) is 0 Å². The van der Waals surface area contributed by atoms with Crippen molar-refractivity contribution in [3.8, 4) is 0 Å². The van der Waals surface area contributed by atoms with Crippen LogP contribution in [0.5, 0.6) is 0 Å². The normalized spacial score (nSPS) is 32.7. The van der Waals surface area contributed by atoms with E-state index in [2.05, 4.69) is 25.7 Å². The van der Waals surface area contributed by atoms with Crippen molar-refractivity contribution in [1.29, 1.82) is 0 Å². The Kier molecular flexibility index (Phi) is 4.59. The SMILES string of the molecule is C=CC(=O)OC[C@H]1C2C=CC(C2)[C@H]1COCCC. The quantitative estimate of drug-likeness (QED) is 0.301. The van der Waals surface area contributed by atoms with Gasteiger partial charge in [-0.15, -0.1) is 0 Å². The third-order valence-corrected chi connectivity index (χ3v) is 4.04. The second-order valence-corrected chi connectivity index (χ2v) is 5.19. The first-order chi connectivity index (χ1) is 8.76. The van der Waals surface area contributed by atoms with Gasteiger partial charge in [0, 0.05) is 18.6 Å². The molecule has 1 saturated carbocycles. The van der Waals surface area contributed by atoms with E-state index in [1.165, 1.54) is 12.5 Å². The highest BCUT2D eigenvalue weighted by atomic mass is 16.5. The van der Waals surface area contributed by atoms with Gasteiger partial charge in [0.25, 0.3) is 0 Å². The Bertz CT molecular complexity index is 335. The average molecular weight is 250 g/mol. The van der Waals surface area contributed by atoms with Crippen molar-refractivity contribution in [2.24, 2.45) is 23.7 Å². The summed E-state index contributed by atoms with van der Waals surface area (Å²) in [6.07, 6.45) is 8.04. The molecule has 2 aliphatic rings. The lowest BCUT2D eigenvalue weighted by Crippen LogP contribution is -2.29. The molecule has 1 fully saturated rings. The second kappa shape index (κ2) is 6.19. The molecular weight excluding hydrogens is 228 g/mol. The molecule has 2 rings (SSSR count). The van der Waals surface area contributed by atoms with Crippen LogP contribution in [0, 0.1) is 23.7 Å². The minimum atomic E-state index is -0.324. The Labute approximate surface area is 109 Å². The molecule has 18 heavy (non-hydrogen) atoms. The number of rotatable bonds is 7. The average Bonchev–Trinajstić information content (AvgIpc) is 2.97. The van der Waals surface area contributed by atoms with E-state index in [0.29, 0.717) is 30.3 Å². The Morgan fingerprint density at radius 3 is 2.61 bits per heavy atom. The topological polar surface area (TPSA) is 35.5 Å². The van der Waals surface area contributed by atoms with E-state index in [4.69, 9.17) is 9.47 Å². The third kappa shape index (κ3) is 2.83. The molecule has 2 unspecified atom stereocenters. The molecule has 0 radical (unpaired) electrons. The summed E-state index contributed by atoms with van der Waals surface area (Å²) >= 11 is 0. The maximum Gasteiger partial charge on any atom is 0.330 e. The van der Waals surface area contributed by atoms with Crippen LogP contribution in [0.3, 0.4) is 0 Å². The number of ether oxygens (including phenoxy) is 2. The van der Waals surface area contributed by atoms with Crippen LogP contribution in [0.4, 0.5) is 0 Å². The van der Waals surface area contributed by atoms with E-state index in [9.17, 15) is 4.79 Å². The first-order valence-corrected chi connectivity index (χ1v) is 6.81. The number of hydrogen-bond acceptors (Lipinski definition) is 3. The number of esters is 1. The first kappa shape index (κ1) is 13.3. The molecule has 0 aromatic heterocycles. The van der Waals surface area contributed by atoms with Gasteiger partial charge >= 0.3 is 5.97 Å². The van der Waals surface area contributed by atoms with Gasteiger partial charge in [-0.05, 0) is 30.6 Å². The van der Waals surface area contributed by atoms with Crippen LogP contribution in [0.1, 0.15) is 19.8 Å². The molecule has 100 valence electrons. The lowest BCUT2D eigenvalue weighted by Gasteiger charge is -2.27. The highest BCUT2D eigenvalue weighted by Gasteiger charge is 2.44. The maximum atomic E-state index is 11.2. The van der Waals surface area contributed by atoms with Crippen molar-refractivity contribution < 1.29 is 14.3 Å². The third-order valence-electron chi connectivity index (χ3n) is 4.04. The maximum absolute atomic E-state index is 11.2. The lowest BCUT2D eigenvalue weighted by molar-refractivity contribution is -0.140. The van der Waals surface area contributed by atoms with Gasteiger partial charge in [0.05, 0.1) is 13.2 Å². The molecule has 0 spiro atoms. The summed E-state index contributed by atoms with van der Waals surface area (Å²) in [6.45, 7) is 7.64. The number of allylic oxidation sites excluding steroid dienone is 2. The zero-order chi connectivity index (χ0) is 13.0. The van der Waals surface area contributed by atoms with Crippen molar-refractivity contribution in [1.82, 2.24) is 0 Å². The van der Waals surface area contributed by atoms with Gasteiger partial charge < -0.3 is 9.47 Å². The van der Waals surface area contributed by atoms with Crippen LogP contribution in [0.2, 0.25) is 0 Å². The molecule has 3 nitrogen and oxygen atoms in total. The standard InChI is InChI=1S/C15H22O3/c1-3-7-17-9-13-11-5-6-12(8-11)14(13)10-18-15(16)4-2/h4-6,11-14H,2-3,7-10H2,1H3/t11?,12?,13-,14+/m1/s1. The molecule has 0 saturated heterocycles. The van der Waals surface area contributed by atoms with Crippen molar-refractivity contribution in [2.45, 2.75) is 19.8 Å². The van der Waals surface area contributed by atoms with Crippen LogP contribution in [-0.4, -0.2) is 25.8 Å². The molecular formula is C15H22O3. The van der Waals surface area contributed by atoms with Gasteiger partial charge in [-0.2, -0.15) is 0 Å². The summed E-state index contributed by atoms with van der Waals surface area (Å²) in [7, 11) is 0. The summed E-state index contributed by atoms with van der Waals surface area (Å²) < 4.78 is 10.9. The van der Waals surface area contributed by atoms with Gasteiger partial charge in [-0.25, -0.2) is 4.79 Å². The fourth-order valence-electron chi connectivity index (χ4n) is 3.12. The van der Waals surface area contributed by atoms with Crippen LogP contribution >= 0.6 is 0 Å². The summed E-state index contributed by atoms with van der Waals surface area (Å²) in [5, 5.41) is 0. The summed E-state index contributed by atoms with van der Waals surface area (Å²) in [6, 6.07) is 0. The largest absolute Gasteiger partial charge is 0.462 e. The molecule has 0 aromatic carbocycles. The van der Waals surface area contributed by atoms with Crippen LogP contribution < -0.4 is 0 Å². The first-order valence-electron chi connectivity index (χ1n) is 6.81. The highest BCUT2D eigenvalue weighted by molar-refractivity contribution is 5.81. The molecule has 3 heteroatoms. The van der Waals surface area contributed by atoms with Crippen molar-refractivity contribution in [3.05, 3.63) is 24.8 Å². The molecule has 2 bridgehead atoms. The monoisotopic (exact) mass is 250 g/mol. The van der Waals surface area contributed by atoms with Crippen LogP contribution in [0.25, 0.3) is 0 Å². The molecule has 0 amide bonds. The van der Waals surface area contributed by atoms with Crippen molar-refractivity contribution >= 4 is 5.97 Å². The van der Waals surface area contributed by atoms with Gasteiger partial charge in [0.2, 0.25) is 0 Å². The van der Waals surface area contributed by atoms with E-state index in [0.717, 1.165) is 19.6 Å². The number of hydrogen-bond donors (Lipinski definition) is 0. The molecule has 2 aliphatic carbocycles. The predicted octanol–water partition coefficient (Wildman–Crippen LogP) is 2.58. The number of fused-ring (bicyclic) bond motifs is 2. The van der Waals surface area contributed by atoms with Crippen molar-refractivity contribution in [3.63, 3.8) is 0 Å². The van der Waals surface area contributed by atoms with Crippen LogP contribution in [0.15, 0.2) is 24.8 Å². The molecule has 4 atom stereocenters. The van der Waals surface area contributed by atoms with E-state index in [1.807, 2.05) is 0 Å². The van der Waals surface area contributed by atoms with E-state index >= 15 is 0 Å². The summed E-state index contributed by atoms with van der Waals surface area (Å²) in [4.78, 5) is 11.2. The fraction of sp³-hybridized carbons (Fsp3) is 0.667. The second-order valence-electron chi connectivity index (χ2n) is 5.19. The zero-order valence-corrected chi connectivity index (χ0v) is 11.0. The molecule has 0 heterocycles. The fourth-order valence-corrected chi connectivity index (χ4v) is 3.12. The Balaban J connectivity index is 1.87. The van der Waals surface area contributed by atoms with Gasteiger partial charge in [-0.1, -0.05) is 25.7 Å². The van der Waals surface area contributed by atoms with E-state index in [1.54, 1.807) is 0 Å². The predicted molar refractivity (Wildman–Crippen MR) is 70.0 cm³/mol. The molecule has 0 aliphatic heterocycles. The minimum absolute atomic E-state index is 0.324. The molecule has 0 N–H and O–H groups in total. The van der Waals surface area contributed by atoms with Crippen molar-refractivity contribution in [2.75, 3.05) is 19.8 Å². The minimum Gasteiger partial charge on any atom is -0.462 e. The van der Waals surface area contributed by atoms with E-state index < -0.39 is 0 Å². The summed E-state index contributed by atoms with van der Waals surface area (Å²) in [5.41, 5.74) is 0. The van der Waals surface area contributed by atoms with Gasteiger partial charge in [0.1, 0.15) is 0 Å². The van der Waals surface area contributed by atoms with Crippen LogP contribution in [-0.2, 0) is 14.3 Å². The Hall–Kier alpha value is -1.09. The Morgan fingerprint density at radius 1 is 1.33 bits per heavy atom. The lowest BCUT2D eigenvalue weighted by atomic mass is 9.84.